The molecule has 0 amide bonds. The third kappa shape index (κ3) is 20.4. The third-order valence-electron chi connectivity index (χ3n) is 10.3. The molecule has 0 aliphatic carbocycles. The first kappa shape index (κ1) is 42.0. The maximum Gasteiger partial charge on any atom is 0.0648 e. The monoisotopic (exact) mass is 662 g/mol. The number of unbranched alkanes of at least 4 members (excludes halogenated alkanes) is 26. The first-order valence-electron chi connectivity index (χ1n) is 21.1. The minimum absolute atomic E-state index is 0.839. The molecule has 2 aromatic carbocycles. The SMILES string of the molecule is CCCCCCCCCCCCCCCCCCCCN(c1cccc(N)c1)c1ccccc1N(C)CCCCCCCCCCCC. The Bertz CT molecular complexity index is 988. The standard InChI is InChI=1S/C45H79N3/c1-4-6-8-10-12-14-16-17-18-19-20-21-22-23-25-27-29-33-40-48(43-36-34-35-42(46)41-43)45-38-31-30-37-44(45)47(3)39-32-28-26-24-15-13-11-9-7-5-2/h30-31,34-38,41H,4-29,32-33,39-40,46H2,1-3H3. The molecule has 48 heavy (non-hydrogen) atoms. The zero-order valence-corrected chi connectivity index (χ0v) is 32.3. The second-order valence-corrected chi connectivity index (χ2v) is 14.8. The van der Waals surface area contributed by atoms with E-state index in [0.717, 1.165) is 18.8 Å². The van der Waals surface area contributed by atoms with Gasteiger partial charge in [0.25, 0.3) is 0 Å². The van der Waals surface area contributed by atoms with E-state index in [1.54, 1.807) is 0 Å². The molecule has 0 saturated carbocycles. The molecule has 0 saturated heterocycles. The van der Waals surface area contributed by atoms with Crippen LogP contribution >= 0.6 is 0 Å². The Morgan fingerprint density at radius 1 is 0.417 bits per heavy atom. The Hall–Kier alpha value is -2.16. The fraction of sp³-hybridized carbons (Fsp3) is 0.733. The molecule has 0 fully saturated rings. The average Bonchev–Trinajstić information content (AvgIpc) is 3.10. The van der Waals surface area contributed by atoms with Gasteiger partial charge in [-0.15, -0.1) is 0 Å². The molecule has 0 spiro atoms. The quantitative estimate of drug-likeness (QED) is 0.0610. The predicted molar refractivity (Wildman–Crippen MR) is 218 cm³/mol. The van der Waals surface area contributed by atoms with Crippen molar-refractivity contribution in [2.24, 2.45) is 0 Å². The highest BCUT2D eigenvalue weighted by Gasteiger charge is 2.16. The van der Waals surface area contributed by atoms with E-state index in [1.165, 1.54) is 197 Å². The molecule has 0 aliphatic rings. The molecule has 0 unspecified atom stereocenters. The van der Waals surface area contributed by atoms with E-state index in [4.69, 9.17) is 5.73 Å². The minimum atomic E-state index is 0.839. The molecule has 274 valence electrons. The van der Waals surface area contributed by atoms with E-state index in [0.29, 0.717) is 0 Å². The summed E-state index contributed by atoms with van der Waals surface area (Å²) in [5, 5.41) is 0. The van der Waals surface area contributed by atoms with E-state index in [9.17, 15) is 0 Å². The maximum absolute atomic E-state index is 6.28. The summed E-state index contributed by atoms with van der Waals surface area (Å²) in [4.78, 5) is 5.00. The number of para-hydroxylation sites is 2. The van der Waals surface area contributed by atoms with Crippen molar-refractivity contribution in [1.82, 2.24) is 0 Å². The highest BCUT2D eigenvalue weighted by atomic mass is 15.2. The molecule has 2 aromatic rings. The van der Waals surface area contributed by atoms with Crippen molar-refractivity contribution < 1.29 is 0 Å². The van der Waals surface area contributed by atoms with E-state index in [1.807, 2.05) is 6.07 Å². The number of nitrogens with two attached hydrogens (primary N) is 1. The summed E-state index contributed by atoms with van der Waals surface area (Å²) < 4.78 is 0. The van der Waals surface area contributed by atoms with Gasteiger partial charge in [-0.1, -0.05) is 199 Å². The van der Waals surface area contributed by atoms with Crippen LogP contribution in [-0.2, 0) is 0 Å². The van der Waals surface area contributed by atoms with Gasteiger partial charge in [-0.3, -0.25) is 0 Å². The molecular weight excluding hydrogens is 583 g/mol. The Kier molecular flexibility index (Phi) is 26.0. The van der Waals surface area contributed by atoms with Crippen molar-refractivity contribution >= 4 is 22.7 Å². The van der Waals surface area contributed by atoms with Gasteiger partial charge in [-0.25, -0.2) is 0 Å². The molecule has 0 bridgehead atoms. The molecule has 0 heterocycles. The van der Waals surface area contributed by atoms with Gasteiger partial charge in [0.2, 0.25) is 0 Å². The van der Waals surface area contributed by atoms with Gasteiger partial charge in [-0.05, 0) is 43.2 Å². The normalized spacial score (nSPS) is 11.3. The van der Waals surface area contributed by atoms with Crippen molar-refractivity contribution in [3.05, 3.63) is 48.5 Å². The second-order valence-electron chi connectivity index (χ2n) is 14.8. The molecular formula is C45H79N3. The lowest BCUT2D eigenvalue weighted by molar-refractivity contribution is 0.525. The van der Waals surface area contributed by atoms with Crippen LogP contribution in [-0.4, -0.2) is 20.1 Å². The number of hydrogen-bond acceptors (Lipinski definition) is 3. The maximum atomic E-state index is 6.28. The molecule has 3 nitrogen and oxygen atoms in total. The lowest BCUT2D eigenvalue weighted by Crippen LogP contribution is -2.24. The van der Waals surface area contributed by atoms with Gasteiger partial charge >= 0.3 is 0 Å². The Balaban J connectivity index is 1.68. The van der Waals surface area contributed by atoms with E-state index < -0.39 is 0 Å². The Morgan fingerprint density at radius 3 is 1.21 bits per heavy atom. The fourth-order valence-electron chi connectivity index (χ4n) is 7.22. The summed E-state index contributed by atoms with van der Waals surface area (Å²) in [6.07, 6.45) is 39.2. The van der Waals surface area contributed by atoms with Gasteiger partial charge in [0.1, 0.15) is 0 Å². The van der Waals surface area contributed by atoms with Crippen LogP contribution in [0.5, 0.6) is 0 Å². The number of benzene rings is 2. The van der Waals surface area contributed by atoms with Crippen molar-refractivity contribution in [2.75, 3.05) is 35.7 Å². The van der Waals surface area contributed by atoms with Crippen molar-refractivity contribution in [1.29, 1.82) is 0 Å². The van der Waals surface area contributed by atoms with Gasteiger partial charge in [0.05, 0.1) is 11.4 Å². The molecule has 0 aromatic heterocycles. The van der Waals surface area contributed by atoms with Crippen LogP contribution in [0.15, 0.2) is 48.5 Å². The largest absolute Gasteiger partial charge is 0.399 e. The molecule has 0 aliphatic heterocycles. The summed E-state index contributed by atoms with van der Waals surface area (Å²) >= 11 is 0. The first-order valence-corrected chi connectivity index (χ1v) is 21.1. The first-order chi connectivity index (χ1) is 23.7. The lowest BCUT2D eigenvalue weighted by Gasteiger charge is -2.31. The van der Waals surface area contributed by atoms with Gasteiger partial charge in [0, 0.05) is 31.5 Å². The Labute approximate surface area is 299 Å². The van der Waals surface area contributed by atoms with Crippen LogP contribution in [0.1, 0.15) is 194 Å². The average molecular weight is 662 g/mol. The molecule has 3 heteroatoms. The van der Waals surface area contributed by atoms with Gasteiger partial charge in [0.15, 0.2) is 0 Å². The van der Waals surface area contributed by atoms with Crippen molar-refractivity contribution in [2.45, 2.75) is 194 Å². The van der Waals surface area contributed by atoms with Gasteiger partial charge in [-0.2, -0.15) is 0 Å². The summed E-state index contributed by atoms with van der Waals surface area (Å²) in [6.45, 7) is 6.74. The Morgan fingerprint density at radius 2 is 0.792 bits per heavy atom. The minimum Gasteiger partial charge on any atom is -0.399 e. The topological polar surface area (TPSA) is 32.5 Å². The summed E-state index contributed by atoms with van der Waals surface area (Å²) in [5.74, 6) is 0. The molecule has 0 radical (unpaired) electrons. The van der Waals surface area contributed by atoms with E-state index in [2.05, 4.69) is 73.2 Å². The van der Waals surface area contributed by atoms with Crippen LogP contribution in [0, 0.1) is 0 Å². The van der Waals surface area contributed by atoms with Crippen LogP contribution in [0.2, 0.25) is 0 Å². The predicted octanol–water partition coefficient (Wildman–Crippen LogP) is 14.8. The smallest absolute Gasteiger partial charge is 0.0648 e. The number of anilines is 4. The number of nitrogen functional groups attached to an aromatic ring is 1. The van der Waals surface area contributed by atoms with Crippen LogP contribution in [0.4, 0.5) is 22.7 Å². The fourth-order valence-corrected chi connectivity index (χ4v) is 7.22. The van der Waals surface area contributed by atoms with E-state index in [-0.39, 0.29) is 0 Å². The highest BCUT2D eigenvalue weighted by molar-refractivity contribution is 5.78. The summed E-state index contributed by atoms with van der Waals surface area (Å²) in [6, 6.07) is 17.5. The van der Waals surface area contributed by atoms with E-state index >= 15 is 0 Å². The number of rotatable bonds is 33. The second kappa shape index (κ2) is 29.7. The van der Waals surface area contributed by atoms with Crippen molar-refractivity contribution in [3.8, 4) is 0 Å². The molecule has 2 rings (SSSR count). The lowest BCUT2D eigenvalue weighted by atomic mass is 10.0. The summed E-state index contributed by atoms with van der Waals surface area (Å²) in [7, 11) is 2.28. The number of nitrogens with zero attached hydrogens (tertiary/aromatic N) is 2. The van der Waals surface area contributed by atoms with Crippen LogP contribution in [0.25, 0.3) is 0 Å². The molecule has 0 atom stereocenters. The highest BCUT2D eigenvalue weighted by Crippen LogP contribution is 2.35. The van der Waals surface area contributed by atoms with Gasteiger partial charge < -0.3 is 15.5 Å². The third-order valence-corrected chi connectivity index (χ3v) is 10.3. The van der Waals surface area contributed by atoms with Crippen LogP contribution < -0.4 is 15.5 Å². The number of hydrogen-bond donors (Lipinski definition) is 1. The zero-order valence-electron chi connectivity index (χ0n) is 32.3. The molecule has 2 N–H and O–H groups in total. The van der Waals surface area contributed by atoms with Crippen LogP contribution in [0.3, 0.4) is 0 Å². The van der Waals surface area contributed by atoms with Crippen molar-refractivity contribution in [3.63, 3.8) is 0 Å². The zero-order chi connectivity index (χ0) is 34.3. The summed E-state index contributed by atoms with van der Waals surface area (Å²) in [5.41, 5.74) is 11.0.